The van der Waals surface area contributed by atoms with E-state index >= 15 is 0 Å². The summed E-state index contributed by atoms with van der Waals surface area (Å²) in [6.07, 6.45) is 0. The van der Waals surface area contributed by atoms with Gasteiger partial charge in [-0.1, -0.05) is 23.7 Å². The van der Waals surface area contributed by atoms with Gasteiger partial charge in [-0.15, -0.1) is 4.68 Å². The molecule has 1 heterocycles. The Hall–Kier alpha value is -3.07. The normalized spacial score (nSPS) is 11.0. The summed E-state index contributed by atoms with van der Waals surface area (Å²) in [6.45, 7) is 3.23. The molecule has 0 aliphatic heterocycles. The summed E-state index contributed by atoms with van der Waals surface area (Å²) in [6, 6.07) is 7.71. The first-order chi connectivity index (χ1) is 12.8. The Labute approximate surface area is 157 Å². The minimum absolute atomic E-state index is 0.185. The molecule has 0 radical (unpaired) electrons. The number of carbonyl (C=O) groups is 1. The number of aromatic nitrogens is 4. The molecule has 10 heteroatoms. The topological polar surface area (TPSA) is 73.0 Å². The Kier molecular flexibility index (Phi) is 5.04. The Balaban J connectivity index is 2.06. The lowest BCUT2D eigenvalue weighted by molar-refractivity contribution is 0.242. The van der Waals surface area contributed by atoms with Crippen LogP contribution in [0.15, 0.2) is 47.3 Å². The van der Waals surface area contributed by atoms with Crippen molar-refractivity contribution in [2.24, 2.45) is 0 Å². The van der Waals surface area contributed by atoms with Crippen molar-refractivity contribution in [3.63, 3.8) is 0 Å². The molecular formula is C17H14ClF2N5O2. The van der Waals surface area contributed by atoms with Crippen molar-refractivity contribution in [2.75, 3.05) is 4.90 Å². The van der Waals surface area contributed by atoms with Crippen molar-refractivity contribution in [3.8, 4) is 5.69 Å². The molecule has 0 saturated carbocycles. The molecule has 3 aromatic rings. The molecule has 2 aromatic carbocycles. The van der Waals surface area contributed by atoms with E-state index < -0.39 is 29.4 Å². The van der Waals surface area contributed by atoms with Gasteiger partial charge in [-0.2, -0.15) is 4.68 Å². The molecule has 0 bridgehead atoms. The van der Waals surface area contributed by atoms with E-state index in [1.54, 1.807) is 32.0 Å². The third-order valence-electron chi connectivity index (χ3n) is 3.73. The molecule has 0 spiro atoms. The molecule has 1 aromatic heterocycles. The fraction of sp³-hybridized carbons (Fsp3) is 0.176. The first-order valence-corrected chi connectivity index (χ1v) is 8.27. The molecular weight excluding hydrogens is 380 g/mol. The molecule has 0 atom stereocenters. The molecule has 0 aliphatic rings. The summed E-state index contributed by atoms with van der Waals surface area (Å²) in [5.74, 6) is -1.72. The van der Waals surface area contributed by atoms with Crippen molar-refractivity contribution in [2.45, 2.75) is 19.9 Å². The van der Waals surface area contributed by atoms with Crippen molar-refractivity contribution in [3.05, 3.63) is 69.6 Å². The molecule has 0 aliphatic carbocycles. The highest BCUT2D eigenvalue weighted by Gasteiger charge is 2.27. The van der Waals surface area contributed by atoms with Gasteiger partial charge in [-0.05, 0) is 48.5 Å². The van der Waals surface area contributed by atoms with Crippen LogP contribution in [0, 0.1) is 11.6 Å². The maximum Gasteiger partial charge on any atom is 0.377 e. The van der Waals surface area contributed by atoms with Gasteiger partial charge < -0.3 is 0 Å². The molecule has 0 unspecified atom stereocenters. The molecule has 0 saturated heterocycles. The second kappa shape index (κ2) is 7.28. The van der Waals surface area contributed by atoms with E-state index in [-0.39, 0.29) is 16.4 Å². The van der Waals surface area contributed by atoms with Gasteiger partial charge in [0, 0.05) is 12.1 Å². The Morgan fingerprint density at radius 3 is 2.48 bits per heavy atom. The maximum absolute atomic E-state index is 14.2. The van der Waals surface area contributed by atoms with Crippen LogP contribution in [-0.4, -0.2) is 31.9 Å². The largest absolute Gasteiger partial charge is 0.377 e. The van der Waals surface area contributed by atoms with Crippen LogP contribution in [0.3, 0.4) is 0 Å². The maximum atomic E-state index is 14.2. The minimum atomic E-state index is -0.941. The molecule has 1 amide bonds. The number of hydrogen-bond acceptors (Lipinski definition) is 4. The highest BCUT2D eigenvalue weighted by molar-refractivity contribution is 6.32. The van der Waals surface area contributed by atoms with Crippen LogP contribution in [-0.2, 0) is 0 Å². The van der Waals surface area contributed by atoms with E-state index in [2.05, 4.69) is 10.4 Å². The predicted octanol–water partition coefficient (Wildman–Crippen LogP) is 3.24. The summed E-state index contributed by atoms with van der Waals surface area (Å²) in [7, 11) is 0. The van der Waals surface area contributed by atoms with Crippen molar-refractivity contribution in [1.82, 2.24) is 19.8 Å². The first-order valence-electron chi connectivity index (χ1n) is 7.90. The number of amides is 1. The monoisotopic (exact) mass is 393 g/mol. The van der Waals surface area contributed by atoms with E-state index in [1.807, 2.05) is 0 Å². The van der Waals surface area contributed by atoms with Crippen LogP contribution < -0.4 is 10.6 Å². The van der Waals surface area contributed by atoms with Gasteiger partial charge in [-0.3, -0.25) is 4.90 Å². The van der Waals surface area contributed by atoms with Crippen LogP contribution >= 0.6 is 11.6 Å². The number of halogens is 3. The van der Waals surface area contributed by atoms with Crippen LogP contribution in [0.2, 0.25) is 5.02 Å². The SMILES string of the molecule is CC(C)N(C(=O)n1nnn(-c2ccccc2Cl)c1=O)c1ccc(F)cc1F. The fourth-order valence-corrected chi connectivity index (χ4v) is 2.74. The van der Waals surface area contributed by atoms with E-state index in [9.17, 15) is 18.4 Å². The average molecular weight is 394 g/mol. The molecule has 140 valence electrons. The van der Waals surface area contributed by atoms with Gasteiger partial charge in [0.15, 0.2) is 0 Å². The zero-order valence-corrected chi connectivity index (χ0v) is 15.1. The van der Waals surface area contributed by atoms with E-state index in [0.29, 0.717) is 10.7 Å². The van der Waals surface area contributed by atoms with Gasteiger partial charge in [0.2, 0.25) is 0 Å². The van der Waals surface area contributed by atoms with Gasteiger partial charge in [0.05, 0.1) is 16.4 Å². The number of nitrogens with zero attached hydrogens (tertiary/aromatic N) is 5. The highest BCUT2D eigenvalue weighted by atomic mass is 35.5. The summed E-state index contributed by atoms with van der Waals surface area (Å²) in [5, 5.41) is 7.49. The predicted molar refractivity (Wildman–Crippen MR) is 95.4 cm³/mol. The van der Waals surface area contributed by atoms with Crippen molar-refractivity contribution in [1.29, 1.82) is 0 Å². The number of benzene rings is 2. The van der Waals surface area contributed by atoms with Crippen molar-refractivity contribution < 1.29 is 13.6 Å². The second-order valence-corrected chi connectivity index (χ2v) is 6.29. The summed E-state index contributed by atoms with van der Waals surface area (Å²) >= 11 is 6.05. The Bertz CT molecular complexity index is 1060. The first kappa shape index (κ1) is 18.7. The fourth-order valence-electron chi connectivity index (χ4n) is 2.52. The van der Waals surface area contributed by atoms with Crippen LogP contribution in [0.4, 0.5) is 19.3 Å². The lowest BCUT2D eigenvalue weighted by Crippen LogP contribution is -2.45. The summed E-state index contributed by atoms with van der Waals surface area (Å²) < 4.78 is 28.7. The van der Waals surface area contributed by atoms with Crippen molar-refractivity contribution >= 4 is 23.3 Å². The van der Waals surface area contributed by atoms with Gasteiger partial charge >= 0.3 is 11.7 Å². The third-order valence-corrected chi connectivity index (χ3v) is 4.05. The van der Waals surface area contributed by atoms with Crippen LogP contribution in [0.1, 0.15) is 13.8 Å². The Morgan fingerprint density at radius 1 is 1.15 bits per heavy atom. The molecule has 7 nitrogen and oxygen atoms in total. The quantitative estimate of drug-likeness (QED) is 0.640. The number of anilines is 1. The second-order valence-electron chi connectivity index (χ2n) is 5.88. The van der Waals surface area contributed by atoms with E-state index in [4.69, 9.17) is 11.6 Å². The molecule has 0 N–H and O–H groups in total. The number of carbonyl (C=O) groups excluding carboxylic acids is 1. The van der Waals surface area contributed by atoms with E-state index in [1.165, 1.54) is 6.07 Å². The summed E-state index contributed by atoms with van der Waals surface area (Å²) in [5.41, 5.74) is -0.816. The zero-order valence-electron chi connectivity index (χ0n) is 14.3. The van der Waals surface area contributed by atoms with Gasteiger partial charge in [0.1, 0.15) is 11.6 Å². The van der Waals surface area contributed by atoms with Gasteiger partial charge in [-0.25, -0.2) is 18.4 Å². The summed E-state index contributed by atoms with van der Waals surface area (Å²) in [4.78, 5) is 26.4. The number of para-hydroxylation sites is 1. The van der Waals surface area contributed by atoms with E-state index in [0.717, 1.165) is 21.7 Å². The smallest absolute Gasteiger partial charge is 0.287 e. The van der Waals surface area contributed by atoms with Gasteiger partial charge in [0.25, 0.3) is 0 Å². The lowest BCUT2D eigenvalue weighted by atomic mass is 10.2. The minimum Gasteiger partial charge on any atom is -0.287 e. The third kappa shape index (κ3) is 3.45. The number of rotatable bonds is 3. The molecule has 27 heavy (non-hydrogen) atoms. The lowest BCUT2D eigenvalue weighted by Gasteiger charge is -2.26. The average Bonchev–Trinajstić information content (AvgIpc) is 2.98. The molecule has 3 rings (SSSR count). The zero-order chi connectivity index (χ0) is 19.7. The number of hydrogen-bond donors (Lipinski definition) is 0. The highest BCUT2D eigenvalue weighted by Crippen LogP contribution is 2.23. The molecule has 0 fully saturated rings. The van der Waals surface area contributed by atoms with Crippen LogP contribution in [0.25, 0.3) is 5.69 Å². The Morgan fingerprint density at radius 2 is 1.85 bits per heavy atom. The number of tetrazole rings is 1. The standard InChI is InChI=1S/C17H14ClF2N5O2/c1-10(2)23(15-8-7-11(19)9-13(15)20)16(26)25-17(27)24(21-22-25)14-6-4-3-5-12(14)18/h3-10H,1-2H3. The van der Waals surface area contributed by atoms with Crippen LogP contribution in [0.5, 0.6) is 0 Å².